The van der Waals surface area contributed by atoms with Gasteiger partial charge in [0.2, 0.25) is 0 Å². The molecule has 100 valence electrons. The predicted molar refractivity (Wildman–Crippen MR) is 84.2 cm³/mol. The molecule has 0 N–H and O–H groups in total. The molecule has 0 aliphatic rings. The predicted octanol–water partition coefficient (Wildman–Crippen LogP) is 4.23. The van der Waals surface area contributed by atoms with Crippen molar-refractivity contribution in [2.45, 2.75) is 11.9 Å². The molecule has 0 bridgehead atoms. The minimum atomic E-state index is 0.866. The first-order valence-corrected chi connectivity index (χ1v) is 7.34. The van der Waals surface area contributed by atoms with Crippen molar-refractivity contribution in [3.8, 4) is 5.75 Å². The fourth-order valence-corrected chi connectivity index (χ4v) is 2.35. The maximum absolute atomic E-state index is 5.25. The average molecular weight is 320 g/mol. The maximum Gasteiger partial charge on any atom is 0.119 e. The SMILES string of the molecule is COc1cccc(CN(C)c2ccc(CBr)cc2)c1. The Morgan fingerprint density at radius 3 is 2.42 bits per heavy atom. The molecule has 0 saturated heterocycles. The van der Waals surface area contributed by atoms with Crippen LogP contribution in [0.4, 0.5) is 5.69 Å². The quantitative estimate of drug-likeness (QED) is 0.765. The van der Waals surface area contributed by atoms with E-state index in [0.717, 1.165) is 17.6 Å². The van der Waals surface area contributed by atoms with Crippen molar-refractivity contribution in [3.05, 3.63) is 59.7 Å². The highest BCUT2D eigenvalue weighted by Crippen LogP contribution is 2.19. The van der Waals surface area contributed by atoms with Crippen molar-refractivity contribution in [1.82, 2.24) is 0 Å². The zero-order valence-electron chi connectivity index (χ0n) is 11.3. The van der Waals surface area contributed by atoms with E-state index in [2.05, 4.69) is 64.3 Å². The summed E-state index contributed by atoms with van der Waals surface area (Å²) < 4.78 is 5.25. The summed E-state index contributed by atoms with van der Waals surface area (Å²) >= 11 is 3.46. The Bertz CT molecular complexity index is 525. The van der Waals surface area contributed by atoms with Crippen molar-refractivity contribution in [2.24, 2.45) is 0 Å². The van der Waals surface area contributed by atoms with Gasteiger partial charge in [-0.25, -0.2) is 0 Å². The van der Waals surface area contributed by atoms with E-state index in [9.17, 15) is 0 Å². The summed E-state index contributed by atoms with van der Waals surface area (Å²) in [6.07, 6.45) is 0. The summed E-state index contributed by atoms with van der Waals surface area (Å²) in [5, 5.41) is 0.896. The maximum atomic E-state index is 5.25. The lowest BCUT2D eigenvalue weighted by Gasteiger charge is -2.20. The molecular weight excluding hydrogens is 302 g/mol. The molecule has 0 saturated carbocycles. The molecule has 0 fully saturated rings. The molecule has 0 spiro atoms. The molecule has 0 aliphatic heterocycles. The van der Waals surface area contributed by atoms with Gasteiger partial charge >= 0.3 is 0 Å². The van der Waals surface area contributed by atoms with Gasteiger partial charge in [0.25, 0.3) is 0 Å². The van der Waals surface area contributed by atoms with Gasteiger partial charge in [-0.05, 0) is 35.4 Å². The van der Waals surface area contributed by atoms with Crippen LogP contribution in [0.5, 0.6) is 5.75 Å². The number of anilines is 1. The fourth-order valence-electron chi connectivity index (χ4n) is 1.98. The molecule has 2 nitrogen and oxygen atoms in total. The minimum absolute atomic E-state index is 0.866. The number of alkyl halides is 1. The second-order valence-corrected chi connectivity index (χ2v) is 5.07. The van der Waals surface area contributed by atoms with E-state index in [1.54, 1.807) is 7.11 Å². The van der Waals surface area contributed by atoms with E-state index < -0.39 is 0 Å². The van der Waals surface area contributed by atoms with Crippen molar-refractivity contribution in [3.63, 3.8) is 0 Å². The third-order valence-corrected chi connectivity index (χ3v) is 3.73. The first-order valence-electron chi connectivity index (χ1n) is 6.22. The number of rotatable bonds is 5. The lowest BCUT2D eigenvalue weighted by Crippen LogP contribution is -2.16. The van der Waals surface area contributed by atoms with E-state index in [1.807, 2.05) is 12.1 Å². The van der Waals surface area contributed by atoms with Gasteiger partial charge < -0.3 is 9.64 Å². The molecule has 0 heterocycles. The van der Waals surface area contributed by atoms with E-state index in [0.29, 0.717) is 0 Å². The third kappa shape index (κ3) is 3.74. The van der Waals surface area contributed by atoms with Crippen LogP contribution >= 0.6 is 15.9 Å². The molecule has 3 heteroatoms. The van der Waals surface area contributed by atoms with Gasteiger partial charge in [0.1, 0.15) is 5.75 Å². The van der Waals surface area contributed by atoms with Gasteiger partial charge in [-0.15, -0.1) is 0 Å². The summed E-state index contributed by atoms with van der Waals surface area (Å²) in [5.74, 6) is 0.903. The van der Waals surface area contributed by atoms with Crippen LogP contribution in [-0.4, -0.2) is 14.2 Å². The molecule has 0 amide bonds. The summed E-state index contributed by atoms with van der Waals surface area (Å²) in [6.45, 7) is 0.866. The van der Waals surface area contributed by atoms with Crippen LogP contribution in [-0.2, 0) is 11.9 Å². The van der Waals surface area contributed by atoms with Crippen LogP contribution in [0.15, 0.2) is 48.5 Å². The van der Waals surface area contributed by atoms with Crippen molar-refractivity contribution in [2.75, 3.05) is 19.1 Å². The van der Waals surface area contributed by atoms with E-state index >= 15 is 0 Å². The number of ether oxygens (including phenoxy) is 1. The van der Waals surface area contributed by atoms with Gasteiger partial charge in [0, 0.05) is 24.6 Å². The van der Waals surface area contributed by atoms with Crippen LogP contribution in [0.1, 0.15) is 11.1 Å². The van der Waals surface area contributed by atoms with E-state index in [4.69, 9.17) is 4.74 Å². The standard InChI is InChI=1S/C16H18BrNO/c1-18(15-8-6-13(11-17)7-9-15)12-14-4-3-5-16(10-14)19-2/h3-10H,11-12H2,1-2H3. The summed E-state index contributed by atoms with van der Waals surface area (Å²) in [5.41, 5.74) is 3.75. The molecule has 0 radical (unpaired) electrons. The summed E-state index contributed by atoms with van der Waals surface area (Å²) in [4.78, 5) is 2.23. The Hall–Kier alpha value is -1.48. The number of methoxy groups -OCH3 is 1. The molecule has 19 heavy (non-hydrogen) atoms. The van der Waals surface area contributed by atoms with Gasteiger partial charge in [-0.3, -0.25) is 0 Å². The van der Waals surface area contributed by atoms with E-state index in [-0.39, 0.29) is 0 Å². The molecule has 0 unspecified atom stereocenters. The average Bonchev–Trinajstić information content (AvgIpc) is 2.47. The number of hydrogen-bond donors (Lipinski definition) is 0. The topological polar surface area (TPSA) is 12.5 Å². The van der Waals surface area contributed by atoms with E-state index in [1.165, 1.54) is 16.8 Å². The molecule has 0 aliphatic carbocycles. The number of nitrogens with zero attached hydrogens (tertiary/aromatic N) is 1. The molecular formula is C16H18BrNO. The Kier molecular flexibility index (Phi) is 4.86. The van der Waals surface area contributed by atoms with Crippen LogP contribution in [0.25, 0.3) is 0 Å². The van der Waals surface area contributed by atoms with Crippen molar-refractivity contribution in [1.29, 1.82) is 0 Å². The largest absolute Gasteiger partial charge is 0.497 e. The van der Waals surface area contributed by atoms with Crippen molar-refractivity contribution >= 4 is 21.6 Å². The van der Waals surface area contributed by atoms with Gasteiger partial charge in [-0.1, -0.05) is 40.2 Å². The monoisotopic (exact) mass is 319 g/mol. The molecule has 0 aromatic heterocycles. The zero-order valence-corrected chi connectivity index (χ0v) is 12.9. The summed E-state index contributed by atoms with van der Waals surface area (Å²) in [6, 6.07) is 16.8. The van der Waals surface area contributed by atoms with Crippen molar-refractivity contribution < 1.29 is 4.74 Å². The molecule has 2 rings (SSSR count). The van der Waals surface area contributed by atoms with Gasteiger partial charge in [0.05, 0.1) is 7.11 Å². The van der Waals surface area contributed by atoms with Crippen LogP contribution < -0.4 is 9.64 Å². The first kappa shape index (κ1) is 13.9. The Morgan fingerprint density at radius 2 is 1.79 bits per heavy atom. The Balaban J connectivity index is 2.08. The highest BCUT2D eigenvalue weighted by molar-refractivity contribution is 9.08. The highest BCUT2D eigenvalue weighted by atomic mass is 79.9. The smallest absolute Gasteiger partial charge is 0.119 e. The first-order chi connectivity index (χ1) is 9.22. The number of halogens is 1. The van der Waals surface area contributed by atoms with Gasteiger partial charge in [-0.2, -0.15) is 0 Å². The Labute approximate surface area is 123 Å². The summed E-state index contributed by atoms with van der Waals surface area (Å²) in [7, 11) is 3.80. The van der Waals surface area contributed by atoms with Crippen LogP contribution in [0.3, 0.4) is 0 Å². The lowest BCUT2D eigenvalue weighted by atomic mass is 10.1. The normalized spacial score (nSPS) is 10.3. The lowest BCUT2D eigenvalue weighted by molar-refractivity contribution is 0.414. The van der Waals surface area contributed by atoms with Gasteiger partial charge in [0.15, 0.2) is 0 Å². The zero-order chi connectivity index (χ0) is 13.7. The molecule has 2 aromatic carbocycles. The van der Waals surface area contributed by atoms with Crippen LogP contribution in [0, 0.1) is 0 Å². The van der Waals surface area contributed by atoms with Crippen LogP contribution in [0.2, 0.25) is 0 Å². The second-order valence-electron chi connectivity index (χ2n) is 4.51. The molecule has 2 aromatic rings. The molecule has 0 atom stereocenters. The third-order valence-electron chi connectivity index (χ3n) is 3.09. The Morgan fingerprint density at radius 1 is 1.05 bits per heavy atom. The second kappa shape index (κ2) is 6.62. The minimum Gasteiger partial charge on any atom is -0.497 e. The number of hydrogen-bond acceptors (Lipinski definition) is 2. The highest BCUT2D eigenvalue weighted by Gasteiger charge is 2.03. The number of benzene rings is 2. The fraction of sp³-hybridized carbons (Fsp3) is 0.250.